The minimum atomic E-state index is 1.21. The molecule has 2 heteroatoms. The van der Waals surface area contributed by atoms with Crippen molar-refractivity contribution in [2.45, 2.75) is 27.7 Å². The minimum absolute atomic E-state index is 1.21. The number of hydrogen-bond acceptors (Lipinski definition) is 0. The highest BCUT2D eigenvalue weighted by Crippen LogP contribution is 2.10. The maximum absolute atomic E-state index is 3.20. The Labute approximate surface area is 73.2 Å². The zero-order valence-electron chi connectivity index (χ0n) is 8.18. The third kappa shape index (κ3) is 1.24. The number of aromatic amines is 1. The fraction of sp³-hybridized carbons (Fsp3) is 0.400. The number of nitrogens with one attached hydrogen (secondary N) is 1. The maximum atomic E-state index is 3.20. The van der Waals surface area contributed by atoms with Crippen LogP contribution in [0, 0.1) is 13.8 Å². The largest absolute Gasteiger partial charge is 0.346 e. The summed E-state index contributed by atoms with van der Waals surface area (Å²) < 4.78 is 2.15. The Hall–Kier alpha value is -1.18. The smallest absolute Gasteiger partial charge is 0.117 e. The number of rotatable bonds is 0. The van der Waals surface area contributed by atoms with E-state index in [2.05, 4.69) is 35.5 Å². The van der Waals surface area contributed by atoms with Crippen LogP contribution in [0.5, 0.6) is 0 Å². The van der Waals surface area contributed by atoms with Gasteiger partial charge in [0.1, 0.15) is 5.65 Å². The number of nitrogens with zero attached hydrogens (tertiary/aromatic N) is 1. The van der Waals surface area contributed by atoms with Gasteiger partial charge in [0.2, 0.25) is 0 Å². The monoisotopic (exact) mass is 164 g/mol. The van der Waals surface area contributed by atoms with Crippen molar-refractivity contribution in [3.8, 4) is 0 Å². The predicted molar refractivity (Wildman–Crippen MR) is 52.6 cm³/mol. The lowest BCUT2D eigenvalue weighted by atomic mass is 10.4. The molecule has 12 heavy (non-hydrogen) atoms. The summed E-state index contributed by atoms with van der Waals surface area (Å²) in [5.74, 6) is 0. The van der Waals surface area contributed by atoms with Gasteiger partial charge in [-0.2, -0.15) is 0 Å². The molecule has 2 heterocycles. The lowest BCUT2D eigenvalue weighted by Gasteiger charge is -1.85. The summed E-state index contributed by atoms with van der Waals surface area (Å²) in [6, 6.07) is 2.11. The second-order valence-electron chi connectivity index (χ2n) is 2.65. The van der Waals surface area contributed by atoms with Crippen molar-refractivity contribution in [1.29, 1.82) is 0 Å². The van der Waals surface area contributed by atoms with E-state index in [1.54, 1.807) is 0 Å². The van der Waals surface area contributed by atoms with E-state index in [-0.39, 0.29) is 0 Å². The predicted octanol–water partition coefficient (Wildman–Crippen LogP) is 2.91. The Kier molecular flexibility index (Phi) is 2.58. The average Bonchev–Trinajstić information content (AvgIpc) is 2.62. The van der Waals surface area contributed by atoms with Crippen LogP contribution < -0.4 is 0 Å². The highest BCUT2D eigenvalue weighted by Gasteiger charge is 1.99. The van der Waals surface area contributed by atoms with Crippen LogP contribution in [0.3, 0.4) is 0 Å². The zero-order chi connectivity index (χ0) is 9.14. The normalized spacial score (nSPS) is 9.67. The molecule has 2 nitrogen and oxygen atoms in total. The standard InChI is InChI=1S/C8H10N2.C2H6/c1-6-3-4-10-7(2)5-9-8(6)10;1-2/h3-5,9H,1-2H3;1-2H3. The summed E-state index contributed by atoms with van der Waals surface area (Å²) in [7, 11) is 0. The summed E-state index contributed by atoms with van der Waals surface area (Å²) >= 11 is 0. The van der Waals surface area contributed by atoms with Crippen LogP contribution in [0.1, 0.15) is 25.1 Å². The first-order valence-corrected chi connectivity index (χ1v) is 4.40. The quantitative estimate of drug-likeness (QED) is 0.618. The first kappa shape index (κ1) is 8.91. The van der Waals surface area contributed by atoms with E-state index < -0.39 is 0 Å². The Balaban J connectivity index is 0.000000336. The van der Waals surface area contributed by atoms with E-state index >= 15 is 0 Å². The fourth-order valence-electron chi connectivity index (χ4n) is 1.25. The van der Waals surface area contributed by atoms with Gasteiger partial charge in [0.05, 0.1) is 0 Å². The number of H-pyrrole nitrogens is 1. The Bertz CT molecular complexity index is 319. The second-order valence-corrected chi connectivity index (χ2v) is 2.65. The highest BCUT2D eigenvalue weighted by atomic mass is 15.0. The molecule has 0 bridgehead atoms. The molecule has 0 aliphatic carbocycles. The van der Waals surface area contributed by atoms with Crippen molar-refractivity contribution in [1.82, 2.24) is 9.38 Å². The number of hydrogen-bond donors (Lipinski definition) is 1. The lowest BCUT2D eigenvalue weighted by molar-refractivity contribution is 1.13. The highest BCUT2D eigenvalue weighted by molar-refractivity contribution is 5.49. The minimum Gasteiger partial charge on any atom is -0.346 e. The van der Waals surface area contributed by atoms with Crippen LogP contribution in [-0.4, -0.2) is 9.38 Å². The van der Waals surface area contributed by atoms with Gasteiger partial charge in [-0.1, -0.05) is 13.8 Å². The van der Waals surface area contributed by atoms with Crippen LogP contribution in [-0.2, 0) is 0 Å². The SMILES string of the molecule is CC.Cc1ccn2c(C)c[nH]c12. The van der Waals surface area contributed by atoms with Crippen LogP contribution >= 0.6 is 0 Å². The van der Waals surface area contributed by atoms with E-state index in [0.717, 1.165) is 0 Å². The van der Waals surface area contributed by atoms with Crippen molar-refractivity contribution in [2.75, 3.05) is 0 Å². The molecule has 2 aromatic rings. The Morgan fingerprint density at radius 3 is 2.50 bits per heavy atom. The molecule has 0 saturated heterocycles. The molecule has 2 rings (SSSR count). The molecular weight excluding hydrogens is 148 g/mol. The molecule has 0 aliphatic heterocycles. The van der Waals surface area contributed by atoms with Gasteiger partial charge < -0.3 is 9.38 Å². The van der Waals surface area contributed by atoms with Crippen LogP contribution in [0.4, 0.5) is 0 Å². The number of aryl methyl sites for hydroxylation is 2. The summed E-state index contributed by atoms with van der Waals surface area (Å²) in [4.78, 5) is 3.20. The van der Waals surface area contributed by atoms with Crippen molar-refractivity contribution in [3.63, 3.8) is 0 Å². The summed E-state index contributed by atoms with van der Waals surface area (Å²) in [6.07, 6.45) is 4.10. The molecule has 66 valence electrons. The molecule has 0 unspecified atom stereocenters. The van der Waals surface area contributed by atoms with E-state index in [4.69, 9.17) is 0 Å². The van der Waals surface area contributed by atoms with Gasteiger partial charge in [-0.3, -0.25) is 0 Å². The van der Waals surface area contributed by atoms with Gasteiger partial charge in [0.25, 0.3) is 0 Å². The summed E-state index contributed by atoms with van der Waals surface area (Å²) in [5, 5.41) is 0. The van der Waals surface area contributed by atoms with Gasteiger partial charge in [0, 0.05) is 18.1 Å². The van der Waals surface area contributed by atoms with E-state index in [0.29, 0.717) is 0 Å². The second kappa shape index (κ2) is 3.48. The summed E-state index contributed by atoms with van der Waals surface area (Å²) in [5.41, 5.74) is 3.76. The molecule has 0 aromatic carbocycles. The molecule has 0 fully saturated rings. The van der Waals surface area contributed by atoms with Gasteiger partial charge in [-0.15, -0.1) is 0 Å². The molecular formula is C10H16N2. The average molecular weight is 164 g/mol. The van der Waals surface area contributed by atoms with Crippen LogP contribution in [0.15, 0.2) is 18.5 Å². The molecule has 0 spiro atoms. The van der Waals surface area contributed by atoms with E-state index in [9.17, 15) is 0 Å². The summed E-state index contributed by atoms with van der Waals surface area (Å²) in [6.45, 7) is 8.19. The first-order chi connectivity index (χ1) is 5.79. The van der Waals surface area contributed by atoms with E-state index in [1.807, 2.05) is 20.0 Å². The van der Waals surface area contributed by atoms with Gasteiger partial charge >= 0.3 is 0 Å². The molecule has 0 saturated carbocycles. The van der Waals surface area contributed by atoms with E-state index in [1.165, 1.54) is 16.9 Å². The third-order valence-electron chi connectivity index (χ3n) is 1.89. The third-order valence-corrected chi connectivity index (χ3v) is 1.89. The van der Waals surface area contributed by atoms with Gasteiger partial charge in [0.15, 0.2) is 0 Å². The zero-order valence-corrected chi connectivity index (χ0v) is 8.18. The maximum Gasteiger partial charge on any atom is 0.117 e. The molecule has 0 amide bonds. The fourth-order valence-corrected chi connectivity index (χ4v) is 1.25. The van der Waals surface area contributed by atoms with Crippen molar-refractivity contribution in [2.24, 2.45) is 0 Å². The molecule has 1 N–H and O–H groups in total. The molecule has 0 aliphatic rings. The Morgan fingerprint density at radius 2 is 1.92 bits per heavy atom. The van der Waals surface area contributed by atoms with Crippen molar-refractivity contribution >= 4 is 5.65 Å². The van der Waals surface area contributed by atoms with Crippen LogP contribution in [0.2, 0.25) is 0 Å². The Morgan fingerprint density at radius 1 is 1.25 bits per heavy atom. The molecule has 2 aromatic heterocycles. The molecule has 0 radical (unpaired) electrons. The lowest BCUT2D eigenvalue weighted by Crippen LogP contribution is -1.77. The van der Waals surface area contributed by atoms with Gasteiger partial charge in [-0.05, 0) is 25.5 Å². The van der Waals surface area contributed by atoms with Crippen molar-refractivity contribution < 1.29 is 0 Å². The van der Waals surface area contributed by atoms with Gasteiger partial charge in [-0.25, -0.2) is 0 Å². The number of fused-ring (bicyclic) bond motifs is 1. The molecule has 0 atom stereocenters. The van der Waals surface area contributed by atoms with Crippen LogP contribution in [0.25, 0.3) is 5.65 Å². The van der Waals surface area contributed by atoms with Crippen molar-refractivity contribution in [3.05, 3.63) is 29.7 Å². The number of aromatic nitrogens is 2. The first-order valence-electron chi connectivity index (χ1n) is 4.40. The number of imidazole rings is 1. The topological polar surface area (TPSA) is 20.2 Å².